The first-order valence-electron chi connectivity index (χ1n) is 11.1. The molecule has 0 bridgehead atoms. The molecule has 6 rings (SSSR count). The highest BCUT2D eigenvalue weighted by Gasteiger charge is 2.43. The maximum absolute atomic E-state index is 12.4. The second kappa shape index (κ2) is 8.05. The molecular weight excluding hydrogens is 448 g/mol. The fourth-order valence-corrected chi connectivity index (χ4v) is 4.84. The number of aliphatic hydroxyl groups is 3. The Hall–Kier alpha value is -4.00. The summed E-state index contributed by atoms with van der Waals surface area (Å²) in [4.78, 5) is 26.9. The molecule has 1 aromatic heterocycles. The average Bonchev–Trinajstić information content (AvgIpc) is 3.15. The lowest BCUT2D eigenvalue weighted by Gasteiger charge is -2.17. The fourth-order valence-electron chi connectivity index (χ4n) is 4.84. The van der Waals surface area contributed by atoms with Crippen molar-refractivity contribution in [2.24, 2.45) is 0 Å². The van der Waals surface area contributed by atoms with E-state index < -0.39 is 42.4 Å². The highest BCUT2D eigenvalue weighted by molar-refractivity contribution is 6.23. The number of hydrogen-bond acceptors (Lipinski definition) is 6. The van der Waals surface area contributed by atoms with Crippen molar-refractivity contribution in [3.63, 3.8) is 0 Å². The second-order valence-corrected chi connectivity index (χ2v) is 8.70. The summed E-state index contributed by atoms with van der Waals surface area (Å²) in [6.07, 6.45) is -3.97. The van der Waals surface area contributed by atoms with Gasteiger partial charge >= 0.3 is 5.69 Å². The third-order valence-corrected chi connectivity index (χ3v) is 6.56. The van der Waals surface area contributed by atoms with Crippen molar-refractivity contribution in [1.82, 2.24) is 9.55 Å². The van der Waals surface area contributed by atoms with Gasteiger partial charge in [0.15, 0.2) is 6.23 Å². The van der Waals surface area contributed by atoms with Crippen LogP contribution < -0.4 is 11.2 Å². The minimum atomic E-state index is -1.46. The van der Waals surface area contributed by atoms with E-state index in [1.807, 2.05) is 30.3 Å². The molecule has 2 heterocycles. The minimum Gasteiger partial charge on any atom is -0.394 e. The molecule has 5 aromatic rings. The summed E-state index contributed by atoms with van der Waals surface area (Å²) >= 11 is 0. The van der Waals surface area contributed by atoms with E-state index in [9.17, 15) is 24.9 Å². The molecular formula is C27H20N2O6. The van der Waals surface area contributed by atoms with Gasteiger partial charge < -0.3 is 20.1 Å². The van der Waals surface area contributed by atoms with Gasteiger partial charge in [-0.05, 0) is 44.5 Å². The first-order valence-corrected chi connectivity index (χ1v) is 11.1. The maximum Gasteiger partial charge on any atom is 0.330 e. The molecule has 0 unspecified atom stereocenters. The Morgan fingerprint density at radius 2 is 1.51 bits per heavy atom. The Balaban J connectivity index is 1.43. The standard InChI is InChI=1S/C27H20N2O6/c30-13-20-23(31)24(32)26(35-20)29-12-19(25(33)28-27(29)34)5-4-14-10-17-8-6-15-2-1-3-16-7-9-18(11-14)22(17)21(15)16/h1-3,6-12,20,23-24,26,30-32H,13H2,(H,28,33,34)/t20-,23+,24+,26-/m1/s1. The van der Waals surface area contributed by atoms with Crippen molar-refractivity contribution in [1.29, 1.82) is 0 Å². The summed E-state index contributed by atoms with van der Waals surface area (Å²) in [5, 5.41) is 36.3. The van der Waals surface area contributed by atoms with Crippen LogP contribution in [-0.2, 0) is 4.74 Å². The van der Waals surface area contributed by atoms with Gasteiger partial charge in [0.05, 0.1) is 6.61 Å². The number of hydrogen-bond donors (Lipinski definition) is 4. The lowest BCUT2D eigenvalue weighted by molar-refractivity contribution is -0.0550. The van der Waals surface area contributed by atoms with Gasteiger partial charge in [-0.25, -0.2) is 4.79 Å². The molecule has 4 aromatic carbocycles. The third kappa shape index (κ3) is 3.41. The molecule has 1 saturated heterocycles. The van der Waals surface area contributed by atoms with Crippen LogP contribution >= 0.6 is 0 Å². The van der Waals surface area contributed by atoms with Crippen molar-refractivity contribution in [3.8, 4) is 11.8 Å². The second-order valence-electron chi connectivity index (χ2n) is 8.70. The van der Waals surface area contributed by atoms with Crippen molar-refractivity contribution in [3.05, 3.63) is 92.8 Å². The number of nitrogens with one attached hydrogen (secondary N) is 1. The van der Waals surface area contributed by atoms with Crippen LogP contribution in [0.3, 0.4) is 0 Å². The molecule has 0 amide bonds. The molecule has 4 N–H and O–H groups in total. The molecule has 8 heteroatoms. The van der Waals surface area contributed by atoms with Crippen molar-refractivity contribution in [2.75, 3.05) is 6.61 Å². The van der Waals surface area contributed by atoms with Gasteiger partial charge in [-0.2, -0.15) is 0 Å². The molecule has 4 atom stereocenters. The quantitative estimate of drug-likeness (QED) is 0.230. The monoisotopic (exact) mass is 468 g/mol. The summed E-state index contributed by atoms with van der Waals surface area (Å²) in [6, 6.07) is 18.4. The number of aromatic nitrogens is 2. The van der Waals surface area contributed by atoms with Gasteiger partial charge in [-0.1, -0.05) is 54.3 Å². The number of rotatable bonds is 2. The van der Waals surface area contributed by atoms with E-state index in [2.05, 4.69) is 41.1 Å². The third-order valence-electron chi connectivity index (χ3n) is 6.56. The Bertz CT molecular complexity index is 1710. The van der Waals surface area contributed by atoms with Crippen LogP contribution in [0.4, 0.5) is 0 Å². The number of H-pyrrole nitrogens is 1. The van der Waals surface area contributed by atoms with Crippen LogP contribution in [0.5, 0.6) is 0 Å². The van der Waals surface area contributed by atoms with Gasteiger partial charge in [0, 0.05) is 11.8 Å². The first kappa shape index (κ1) is 21.5. The smallest absolute Gasteiger partial charge is 0.330 e. The van der Waals surface area contributed by atoms with Gasteiger partial charge in [0.25, 0.3) is 5.56 Å². The number of aliphatic hydroxyl groups excluding tert-OH is 3. The Morgan fingerprint density at radius 1 is 0.886 bits per heavy atom. The normalized spacial score (nSPS) is 22.1. The number of aromatic amines is 1. The van der Waals surface area contributed by atoms with Crippen LogP contribution in [0.15, 0.2) is 70.4 Å². The Morgan fingerprint density at radius 3 is 2.14 bits per heavy atom. The van der Waals surface area contributed by atoms with Crippen molar-refractivity contribution >= 4 is 32.3 Å². The molecule has 1 fully saturated rings. The van der Waals surface area contributed by atoms with Gasteiger partial charge in [0.1, 0.15) is 23.9 Å². The van der Waals surface area contributed by atoms with Crippen LogP contribution in [0, 0.1) is 11.8 Å². The molecule has 0 spiro atoms. The number of benzene rings is 4. The average molecular weight is 468 g/mol. The predicted molar refractivity (Wildman–Crippen MR) is 130 cm³/mol. The Kier molecular flexibility index (Phi) is 4.95. The maximum atomic E-state index is 12.4. The number of nitrogens with zero attached hydrogens (tertiary/aromatic N) is 1. The van der Waals surface area contributed by atoms with Crippen LogP contribution in [0.2, 0.25) is 0 Å². The highest BCUT2D eigenvalue weighted by Crippen LogP contribution is 2.35. The summed E-state index contributed by atoms with van der Waals surface area (Å²) < 4.78 is 6.38. The Labute approximate surface area is 198 Å². The predicted octanol–water partition coefficient (Wildman–Crippen LogP) is 1.45. The molecule has 8 nitrogen and oxygen atoms in total. The highest BCUT2D eigenvalue weighted by atomic mass is 16.6. The van der Waals surface area contributed by atoms with E-state index in [-0.39, 0.29) is 5.56 Å². The van der Waals surface area contributed by atoms with Gasteiger partial charge in [-0.3, -0.25) is 14.3 Å². The molecule has 174 valence electrons. The molecule has 35 heavy (non-hydrogen) atoms. The molecule has 1 aliphatic heterocycles. The van der Waals surface area contributed by atoms with E-state index in [1.54, 1.807) is 0 Å². The van der Waals surface area contributed by atoms with Crippen molar-refractivity contribution in [2.45, 2.75) is 24.5 Å². The molecule has 0 radical (unpaired) electrons. The largest absolute Gasteiger partial charge is 0.394 e. The molecule has 1 aliphatic rings. The van der Waals surface area contributed by atoms with Crippen LogP contribution in [-0.4, -0.2) is 49.8 Å². The van der Waals surface area contributed by atoms with E-state index in [0.717, 1.165) is 31.5 Å². The van der Waals surface area contributed by atoms with E-state index >= 15 is 0 Å². The molecule has 0 saturated carbocycles. The molecule has 0 aliphatic carbocycles. The zero-order valence-electron chi connectivity index (χ0n) is 18.3. The minimum absolute atomic E-state index is 0.00702. The summed E-state index contributed by atoms with van der Waals surface area (Å²) in [5.74, 6) is 5.82. The summed E-state index contributed by atoms with van der Waals surface area (Å²) in [6.45, 7) is -0.533. The van der Waals surface area contributed by atoms with Gasteiger partial charge in [-0.15, -0.1) is 0 Å². The van der Waals surface area contributed by atoms with E-state index in [0.29, 0.717) is 5.56 Å². The summed E-state index contributed by atoms with van der Waals surface area (Å²) in [7, 11) is 0. The van der Waals surface area contributed by atoms with Crippen molar-refractivity contribution < 1.29 is 20.1 Å². The van der Waals surface area contributed by atoms with Crippen LogP contribution in [0.25, 0.3) is 32.3 Å². The van der Waals surface area contributed by atoms with Gasteiger partial charge in [0.2, 0.25) is 0 Å². The van der Waals surface area contributed by atoms with E-state index in [1.165, 1.54) is 11.6 Å². The van der Waals surface area contributed by atoms with E-state index in [4.69, 9.17) is 4.74 Å². The fraction of sp³-hybridized carbons (Fsp3) is 0.185. The topological polar surface area (TPSA) is 125 Å². The zero-order valence-corrected chi connectivity index (χ0v) is 18.3. The lowest BCUT2D eigenvalue weighted by atomic mass is 9.93. The SMILES string of the molecule is O=c1[nH]c(=O)n([C@@H]2O[C@H](CO)[C@H](O)[C@@H]2O)cc1C#Cc1cc2ccc3cccc4ccc(c1)c2c34. The zero-order chi connectivity index (χ0) is 24.3. The van der Waals surface area contributed by atoms with Crippen LogP contribution in [0.1, 0.15) is 17.4 Å². The number of ether oxygens (including phenoxy) is 1. The first-order chi connectivity index (χ1) is 16.9. The summed E-state index contributed by atoms with van der Waals surface area (Å²) in [5.41, 5.74) is -0.810. The lowest BCUT2D eigenvalue weighted by Crippen LogP contribution is -2.38.